The Morgan fingerprint density at radius 3 is 2.92 bits per heavy atom. The molecule has 24 heavy (non-hydrogen) atoms. The van der Waals surface area contributed by atoms with Crippen molar-refractivity contribution >= 4 is 22.4 Å². The number of benzene rings is 1. The highest BCUT2D eigenvalue weighted by Gasteiger charge is 2.08. The van der Waals surface area contributed by atoms with Crippen molar-refractivity contribution in [1.29, 1.82) is 0 Å². The average molecular weight is 320 g/mol. The maximum Gasteiger partial charge on any atom is 0.152 e. The smallest absolute Gasteiger partial charge is 0.152 e. The molecule has 3 heterocycles. The van der Waals surface area contributed by atoms with Gasteiger partial charge in [0.15, 0.2) is 5.82 Å². The molecule has 122 valence electrons. The Morgan fingerprint density at radius 1 is 1.17 bits per heavy atom. The van der Waals surface area contributed by atoms with Crippen molar-refractivity contribution in [3.63, 3.8) is 0 Å². The fraction of sp³-hybridized carbons (Fsp3) is 0.278. The Balaban J connectivity index is 1.42. The molecule has 6 heteroatoms. The SMILES string of the molecule is Cc1cc2c(NCCCc3nc4ccccc4n3C)nccn2n1. The van der Waals surface area contributed by atoms with Crippen LogP contribution in [0.25, 0.3) is 16.6 Å². The van der Waals surface area contributed by atoms with Crippen molar-refractivity contribution < 1.29 is 0 Å². The molecule has 0 saturated heterocycles. The standard InChI is InChI=1S/C18H20N6/c1-13-12-16-18(20-10-11-24(16)22-13)19-9-5-8-17-21-14-6-3-4-7-15(14)23(17)2/h3-4,6-7,10-12H,5,8-9H2,1-2H3,(H,19,20). The second-order valence-corrected chi connectivity index (χ2v) is 6.00. The van der Waals surface area contributed by atoms with Crippen LogP contribution in [0.15, 0.2) is 42.7 Å². The number of anilines is 1. The lowest BCUT2D eigenvalue weighted by atomic mass is 10.3. The summed E-state index contributed by atoms with van der Waals surface area (Å²) in [5.41, 5.74) is 4.24. The molecule has 0 bridgehead atoms. The molecule has 0 radical (unpaired) electrons. The van der Waals surface area contributed by atoms with Crippen molar-refractivity contribution in [1.82, 2.24) is 24.1 Å². The third-order valence-corrected chi connectivity index (χ3v) is 4.26. The average Bonchev–Trinajstić information content (AvgIpc) is 3.12. The second-order valence-electron chi connectivity index (χ2n) is 6.00. The number of aromatic nitrogens is 5. The number of rotatable bonds is 5. The summed E-state index contributed by atoms with van der Waals surface area (Å²) in [5.74, 6) is 1.99. The van der Waals surface area contributed by atoms with Gasteiger partial charge in [-0.15, -0.1) is 0 Å². The second kappa shape index (κ2) is 5.96. The Hall–Kier alpha value is -2.89. The van der Waals surface area contributed by atoms with E-state index < -0.39 is 0 Å². The summed E-state index contributed by atoms with van der Waals surface area (Å²) in [6.07, 6.45) is 5.56. The highest BCUT2D eigenvalue weighted by atomic mass is 15.2. The molecule has 4 rings (SSSR count). The zero-order valence-corrected chi connectivity index (χ0v) is 13.9. The first-order valence-electron chi connectivity index (χ1n) is 8.17. The molecular formula is C18H20N6. The van der Waals surface area contributed by atoms with E-state index in [4.69, 9.17) is 4.98 Å². The molecule has 0 atom stereocenters. The molecule has 0 aliphatic rings. The molecule has 0 spiro atoms. The van der Waals surface area contributed by atoms with Crippen molar-refractivity contribution in [2.45, 2.75) is 19.8 Å². The minimum Gasteiger partial charge on any atom is -0.368 e. The van der Waals surface area contributed by atoms with E-state index in [0.29, 0.717) is 0 Å². The summed E-state index contributed by atoms with van der Waals surface area (Å²) in [5, 5.41) is 7.82. The molecule has 6 nitrogen and oxygen atoms in total. The molecule has 1 aromatic carbocycles. The quantitative estimate of drug-likeness (QED) is 0.574. The van der Waals surface area contributed by atoms with E-state index in [0.717, 1.165) is 47.8 Å². The third kappa shape index (κ3) is 2.60. The molecule has 0 aliphatic heterocycles. The van der Waals surface area contributed by atoms with Crippen molar-refractivity contribution in [2.24, 2.45) is 7.05 Å². The van der Waals surface area contributed by atoms with Gasteiger partial charge in [0.05, 0.1) is 16.7 Å². The van der Waals surface area contributed by atoms with Crippen LogP contribution in [-0.2, 0) is 13.5 Å². The number of para-hydroxylation sites is 2. The molecule has 0 unspecified atom stereocenters. The van der Waals surface area contributed by atoms with Gasteiger partial charge in [0.1, 0.15) is 11.3 Å². The minimum absolute atomic E-state index is 0.847. The van der Waals surface area contributed by atoms with Crippen LogP contribution >= 0.6 is 0 Å². The minimum atomic E-state index is 0.847. The van der Waals surface area contributed by atoms with Crippen LogP contribution in [0.2, 0.25) is 0 Å². The number of aryl methyl sites for hydroxylation is 3. The summed E-state index contributed by atoms with van der Waals surface area (Å²) in [6.45, 7) is 2.84. The molecular weight excluding hydrogens is 300 g/mol. The normalized spacial score (nSPS) is 11.4. The van der Waals surface area contributed by atoms with E-state index in [-0.39, 0.29) is 0 Å². The van der Waals surface area contributed by atoms with Gasteiger partial charge >= 0.3 is 0 Å². The molecule has 0 aliphatic carbocycles. The fourth-order valence-electron chi connectivity index (χ4n) is 3.05. The fourth-order valence-corrected chi connectivity index (χ4v) is 3.05. The molecule has 0 saturated carbocycles. The summed E-state index contributed by atoms with van der Waals surface area (Å²) in [7, 11) is 2.08. The van der Waals surface area contributed by atoms with Crippen LogP contribution in [0.1, 0.15) is 17.9 Å². The lowest BCUT2D eigenvalue weighted by molar-refractivity contribution is 0.752. The topological polar surface area (TPSA) is 60.0 Å². The van der Waals surface area contributed by atoms with Crippen molar-refractivity contribution in [3.05, 3.63) is 54.2 Å². The molecule has 3 aromatic heterocycles. The van der Waals surface area contributed by atoms with Crippen LogP contribution < -0.4 is 5.32 Å². The van der Waals surface area contributed by atoms with Gasteiger partial charge in [-0.2, -0.15) is 5.10 Å². The predicted octanol–water partition coefficient (Wildman–Crippen LogP) is 2.97. The van der Waals surface area contributed by atoms with Crippen LogP contribution in [0.5, 0.6) is 0 Å². The Kier molecular flexibility index (Phi) is 3.65. The van der Waals surface area contributed by atoms with Gasteiger partial charge in [-0.25, -0.2) is 14.5 Å². The van der Waals surface area contributed by atoms with Gasteiger partial charge in [-0.05, 0) is 31.5 Å². The number of fused-ring (bicyclic) bond motifs is 2. The number of hydrogen-bond donors (Lipinski definition) is 1. The highest BCUT2D eigenvalue weighted by molar-refractivity contribution is 5.75. The van der Waals surface area contributed by atoms with Gasteiger partial charge in [0.2, 0.25) is 0 Å². The van der Waals surface area contributed by atoms with E-state index in [1.165, 1.54) is 5.52 Å². The summed E-state index contributed by atoms with van der Waals surface area (Å²) in [6, 6.07) is 10.3. The highest BCUT2D eigenvalue weighted by Crippen LogP contribution is 2.16. The van der Waals surface area contributed by atoms with E-state index in [9.17, 15) is 0 Å². The lowest BCUT2D eigenvalue weighted by Crippen LogP contribution is -2.08. The van der Waals surface area contributed by atoms with E-state index in [2.05, 4.69) is 45.2 Å². The Bertz CT molecular complexity index is 997. The number of nitrogens with one attached hydrogen (secondary N) is 1. The number of nitrogens with zero attached hydrogens (tertiary/aromatic N) is 5. The van der Waals surface area contributed by atoms with E-state index in [1.807, 2.05) is 29.8 Å². The Labute approximate surface area is 140 Å². The van der Waals surface area contributed by atoms with Gasteiger partial charge in [-0.1, -0.05) is 12.1 Å². The van der Waals surface area contributed by atoms with Crippen molar-refractivity contribution in [3.8, 4) is 0 Å². The van der Waals surface area contributed by atoms with Gasteiger partial charge < -0.3 is 9.88 Å². The third-order valence-electron chi connectivity index (χ3n) is 4.26. The van der Waals surface area contributed by atoms with Crippen LogP contribution in [0.4, 0.5) is 5.82 Å². The van der Waals surface area contributed by atoms with Crippen LogP contribution in [-0.4, -0.2) is 30.7 Å². The van der Waals surface area contributed by atoms with Crippen LogP contribution in [0.3, 0.4) is 0 Å². The number of hydrogen-bond acceptors (Lipinski definition) is 4. The first-order valence-corrected chi connectivity index (χ1v) is 8.17. The first-order chi connectivity index (χ1) is 11.7. The Morgan fingerprint density at radius 2 is 2.04 bits per heavy atom. The van der Waals surface area contributed by atoms with Crippen molar-refractivity contribution in [2.75, 3.05) is 11.9 Å². The van der Waals surface area contributed by atoms with E-state index in [1.54, 1.807) is 6.20 Å². The molecule has 4 aromatic rings. The summed E-state index contributed by atoms with van der Waals surface area (Å²) < 4.78 is 4.03. The zero-order chi connectivity index (χ0) is 16.5. The zero-order valence-electron chi connectivity index (χ0n) is 13.9. The molecule has 0 fully saturated rings. The largest absolute Gasteiger partial charge is 0.368 e. The van der Waals surface area contributed by atoms with E-state index >= 15 is 0 Å². The number of imidazole rings is 1. The summed E-state index contributed by atoms with van der Waals surface area (Å²) >= 11 is 0. The monoisotopic (exact) mass is 320 g/mol. The summed E-state index contributed by atoms with van der Waals surface area (Å²) in [4.78, 5) is 9.14. The van der Waals surface area contributed by atoms with Gasteiger partial charge in [0.25, 0.3) is 0 Å². The van der Waals surface area contributed by atoms with Gasteiger partial charge in [-0.3, -0.25) is 0 Å². The maximum atomic E-state index is 4.72. The maximum absolute atomic E-state index is 4.72. The van der Waals surface area contributed by atoms with Gasteiger partial charge in [0, 0.05) is 32.4 Å². The predicted molar refractivity (Wildman–Crippen MR) is 95.2 cm³/mol. The first kappa shape index (κ1) is 14.7. The van der Waals surface area contributed by atoms with Crippen LogP contribution in [0, 0.1) is 6.92 Å². The molecule has 0 amide bonds. The lowest BCUT2D eigenvalue weighted by Gasteiger charge is -2.07. The molecule has 1 N–H and O–H groups in total.